The van der Waals surface area contributed by atoms with Gasteiger partial charge in [0.15, 0.2) is 5.96 Å². The summed E-state index contributed by atoms with van der Waals surface area (Å²) in [7, 11) is 0. The van der Waals surface area contributed by atoms with Crippen molar-refractivity contribution in [2.75, 3.05) is 13.1 Å². The Morgan fingerprint density at radius 3 is 2.31 bits per heavy atom. The van der Waals surface area contributed by atoms with Crippen LogP contribution in [0.15, 0.2) is 29.3 Å². The predicted molar refractivity (Wildman–Crippen MR) is 138 cm³/mol. The van der Waals surface area contributed by atoms with Crippen LogP contribution in [0.25, 0.3) is 0 Å². The van der Waals surface area contributed by atoms with Crippen molar-refractivity contribution in [1.29, 1.82) is 0 Å². The molecule has 1 aromatic carbocycles. The molecule has 0 aromatic heterocycles. The van der Waals surface area contributed by atoms with Gasteiger partial charge in [-0.2, -0.15) is 0 Å². The van der Waals surface area contributed by atoms with E-state index in [4.69, 9.17) is 22.3 Å². The van der Waals surface area contributed by atoms with E-state index in [9.17, 15) is 34.2 Å². The van der Waals surface area contributed by atoms with Crippen molar-refractivity contribution in [3.63, 3.8) is 0 Å². The van der Waals surface area contributed by atoms with Crippen LogP contribution in [0.1, 0.15) is 37.7 Å². The molecule has 39 heavy (non-hydrogen) atoms. The maximum atomic E-state index is 13.6. The highest BCUT2D eigenvalue weighted by molar-refractivity contribution is 5.95. The quantitative estimate of drug-likeness (QED) is 0.0703. The van der Waals surface area contributed by atoms with Crippen LogP contribution >= 0.6 is 0 Å². The number of rotatable bonds is 14. The van der Waals surface area contributed by atoms with Crippen LogP contribution in [0.3, 0.4) is 0 Å². The van der Waals surface area contributed by atoms with Crippen LogP contribution < -0.4 is 27.8 Å². The molecule has 3 amide bonds. The number of aromatic hydroxyl groups is 1. The van der Waals surface area contributed by atoms with Gasteiger partial charge < -0.3 is 48.1 Å². The minimum atomic E-state index is -1.41. The van der Waals surface area contributed by atoms with Crippen molar-refractivity contribution >= 4 is 35.6 Å². The van der Waals surface area contributed by atoms with E-state index in [1.807, 2.05) is 0 Å². The largest absolute Gasteiger partial charge is 0.508 e. The van der Waals surface area contributed by atoms with E-state index in [1.54, 1.807) is 12.1 Å². The molecule has 0 aliphatic carbocycles. The number of aliphatic carboxylic acids is 2. The van der Waals surface area contributed by atoms with E-state index < -0.39 is 60.2 Å². The third kappa shape index (κ3) is 9.77. The van der Waals surface area contributed by atoms with Gasteiger partial charge in [-0.3, -0.25) is 24.2 Å². The number of amides is 3. The third-order valence-electron chi connectivity index (χ3n) is 6.12. The Morgan fingerprint density at radius 2 is 1.72 bits per heavy atom. The van der Waals surface area contributed by atoms with Crippen LogP contribution in [0.4, 0.5) is 0 Å². The van der Waals surface area contributed by atoms with Crippen molar-refractivity contribution < 1.29 is 39.3 Å². The molecule has 214 valence electrons. The standard InChI is InChI=1S/C24H35N7O8/c25-15(12-19(33)34)20(35)30-17(11-13-5-7-14(32)8-6-13)22(37)31-10-2-4-18(31)21(36)29-16(23(38)39)3-1-9-28-24(26)27/h5-8,15-18,32H,1-4,9-12,25H2,(H,29,36)(H,30,35)(H,33,34)(H,38,39)(H4,26,27,28). The second kappa shape index (κ2) is 14.5. The number of carbonyl (C=O) groups is 5. The molecule has 15 heteroatoms. The molecule has 4 unspecified atom stereocenters. The number of carboxylic acids is 2. The lowest BCUT2D eigenvalue weighted by Crippen LogP contribution is -2.57. The fraction of sp³-hybridized carbons (Fsp3) is 0.500. The Kier molecular flexibility index (Phi) is 11.5. The van der Waals surface area contributed by atoms with Gasteiger partial charge >= 0.3 is 11.9 Å². The van der Waals surface area contributed by atoms with Crippen LogP contribution in [-0.4, -0.2) is 93.1 Å². The van der Waals surface area contributed by atoms with E-state index >= 15 is 0 Å². The Labute approximate surface area is 224 Å². The first kappa shape index (κ1) is 30.8. The molecule has 0 saturated carbocycles. The fourth-order valence-electron chi connectivity index (χ4n) is 4.16. The molecule has 1 saturated heterocycles. The number of aliphatic imine (C=N–C) groups is 1. The van der Waals surface area contributed by atoms with Crippen LogP contribution in [-0.2, 0) is 30.4 Å². The van der Waals surface area contributed by atoms with Gasteiger partial charge in [-0.1, -0.05) is 12.1 Å². The third-order valence-corrected chi connectivity index (χ3v) is 6.12. The number of carbonyl (C=O) groups excluding carboxylic acids is 3. The monoisotopic (exact) mass is 549 g/mol. The molecule has 1 aliphatic heterocycles. The molecular weight excluding hydrogens is 514 g/mol. The summed E-state index contributed by atoms with van der Waals surface area (Å²) in [6.45, 7) is 0.362. The van der Waals surface area contributed by atoms with Gasteiger partial charge in [0, 0.05) is 19.5 Å². The van der Waals surface area contributed by atoms with E-state index in [2.05, 4.69) is 15.6 Å². The number of nitrogens with one attached hydrogen (secondary N) is 2. The maximum Gasteiger partial charge on any atom is 0.326 e. The molecule has 0 bridgehead atoms. The minimum Gasteiger partial charge on any atom is -0.508 e. The number of benzene rings is 1. The molecule has 1 fully saturated rings. The molecule has 11 N–H and O–H groups in total. The van der Waals surface area contributed by atoms with Crippen LogP contribution in [0, 0.1) is 0 Å². The minimum absolute atomic E-state index is 0.00305. The Bertz CT molecular complexity index is 1070. The van der Waals surface area contributed by atoms with Gasteiger partial charge in [-0.25, -0.2) is 4.79 Å². The number of nitrogens with two attached hydrogens (primary N) is 3. The summed E-state index contributed by atoms with van der Waals surface area (Å²) in [6.07, 6.45) is 0.401. The lowest BCUT2D eigenvalue weighted by Gasteiger charge is -2.30. The number of nitrogens with zero attached hydrogens (tertiary/aromatic N) is 2. The zero-order valence-corrected chi connectivity index (χ0v) is 21.3. The van der Waals surface area contributed by atoms with Gasteiger partial charge in [0.05, 0.1) is 12.5 Å². The van der Waals surface area contributed by atoms with Crippen LogP contribution in [0.2, 0.25) is 0 Å². The van der Waals surface area contributed by atoms with E-state index in [0.29, 0.717) is 18.4 Å². The lowest BCUT2D eigenvalue weighted by molar-refractivity contribution is -0.145. The molecule has 1 heterocycles. The summed E-state index contributed by atoms with van der Waals surface area (Å²) in [4.78, 5) is 66.9. The van der Waals surface area contributed by atoms with Gasteiger partial charge in [-0.15, -0.1) is 0 Å². The molecular formula is C24H35N7O8. The second-order valence-electron chi connectivity index (χ2n) is 9.17. The first-order chi connectivity index (χ1) is 18.4. The van der Waals surface area contributed by atoms with Gasteiger partial charge in [0.1, 0.15) is 23.9 Å². The maximum absolute atomic E-state index is 13.6. The number of likely N-dealkylation sites (tertiary alicyclic amines) is 1. The van der Waals surface area contributed by atoms with E-state index in [1.165, 1.54) is 17.0 Å². The normalized spacial score (nSPS) is 16.9. The van der Waals surface area contributed by atoms with E-state index in [0.717, 1.165) is 0 Å². The predicted octanol–water partition coefficient (Wildman–Crippen LogP) is -2.16. The summed E-state index contributed by atoms with van der Waals surface area (Å²) in [5, 5.41) is 33.0. The zero-order valence-electron chi connectivity index (χ0n) is 21.3. The highest BCUT2D eigenvalue weighted by Crippen LogP contribution is 2.21. The second-order valence-corrected chi connectivity index (χ2v) is 9.17. The SMILES string of the molecule is NC(N)=NCCCC(NC(=O)C1CCCN1C(=O)C(Cc1ccc(O)cc1)NC(=O)C(N)CC(=O)O)C(=O)O. The van der Waals surface area contributed by atoms with Gasteiger partial charge in [0.2, 0.25) is 17.7 Å². The highest BCUT2D eigenvalue weighted by atomic mass is 16.4. The van der Waals surface area contributed by atoms with Crippen LogP contribution in [0.5, 0.6) is 5.75 Å². The highest BCUT2D eigenvalue weighted by Gasteiger charge is 2.39. The smallest absolute Gasteiger partial charge is 0.326 e. The summed E-state index contributed by atoms with van der Waals surface area (Å²) >= 11 is 0. The van der Waals surface area contributed by atoms with Crippen molar-refractivity contribution in [3.8, 4) is 5.75 Å². The number of hydrogen-bond acceptors (Lipinski definition) is 8. The van der Waals surface area contributed by atoms with Gasteiger partial charge in [0.25, 0.3) is 0 Å². The first-order valence-electron chi connectivity index (χ1n) is 12.3. The van der Waals surface area contributed by atoms with Crippen molar-refractivity contribution in [2.45, 2.75) is 62.7 Å². The number of guanidine groups is 1. The Balaban J connectivity index is 2.18. The Hall–Kier alpha value is -4.40. The fourth-order valence-corrected chi connectivity index (χ4v) is 4.16. The van der Waals surface area contributed by atoms with Crippen molar-refractivity contribution in [2.24, 2.45) is 22.2 Å². The average molecular weight is 550 g/mol. The summed E-state index contributed by atoms with van der Waals surface area (Å²) in [5.41, 5.74) is 16.8. The molecule has 15 nitrogen and oxygen atoms in total. The molecule has 4 atom stereocenters. The number of phenols is 1. The van der Waals surface area contributed by atoms with E-state index in [-0.39, 0.29) is 44.1 Å². The lowest BCUT2D eigenvalue weighted by atomic mass is 10.0. The summed E-state index contributed by atoms with van der Waals surface area (Å²) in [6, 6.07) is 1.07. The Morgan fingerprint density at radius 1 is 1.05 bits per heavy atom. The molecule has 0 spiro atoms. The first-order valence-corrected chi connectivity index (χ1v) is 12.3. The zero-order chi connectivity index (χ0) is 29.1. The molecule has 2 rings (SSSR count). The summed E-state index contributed by atoms with van der Waals surface area (Å²) in [5.74, 6) is -4.82. The topological polar surface area (TPSA) is 264 Å². The number of phenolic OH excluding ortho intramolecular Hbond substituents is 1. The number of carboxylic acid groups (broad SMARTS) is 2. The van der Waals surface area contributed by atoms with Crippen molar-refractivity contribution in [1.82, 2.24) is 15.5 Å². The molecule has 0 radical (unpaired) electrons. The number of hydrogen-bond donors (Lipinski definition) is 8. The van der Waals surface area contributed by atoms with Crippen molar-refractivity contribution in [3.05, 3.63) is 29.8 Å². The molecule has 1 aliphatic rings. The molecule has 1 aromatic rings. The van der Waals surface area contributed by atoms with Gasteiger partial charge in [-0.05, 0) is 43.4 Å². The summed E-state index contributed by atoms with van der Waals surface area (Å²) < 4.78 is 0. The average Bonchev–Trinajstić information content (AvgIpc) is 3.35.